The van der Waals surface area contributed by atoms with Crippen LogP contribution in [0.4, 0.5) is 0 Å². The number of benzene rings is 1. The number of hydrogen-bond acceptors (Lipinski definition) is 3. The summed E-state index contributed by atoms with van der Waals surface area (Å²) < 4.78 is 10.6. The third-order valence-electron chi connectivity index (χ3n) is 2.40. The summed E-state index contributed by atoms with van der Waals surface area (Å²) in [6.45, 7) is 0.706. The second-order valence-corrected chi connectivity index (χ2v) is 3.91. The van der Waals surface area contributed by atoms with E-state index in [0.29, 0.717) is 18.2 Å². The molecule has 1 heterocycles. The van der Waals surface area contributed by atoms with Crippen LogP contribution in [0.3, 0.4) is 0 Å². The van der Waals surface area contributed by atoms with Gasteiger partial charge in [-0.05, 0) is 17.7 Å². The molecule has 0 aliphatic carbocycles. The molecule has 1 saturated heterocycles. The normalized spacial score (nSPS) is 25.3. The van der Waals surface area contributed by atoms with Gasteiger partial charge in [-0.15, -0.1) is 0 Å². The van der Waals surface area contributed by atoms with Gasteiger partial charge in [0, 0.05) is 5.02 Å². The standard InChI is InChI=1S/C11H11ClO4/c12-8-3-1-7(2-4-8)9-10(11(13)14)16-6-5-15-9/h1-4,9-10H,5-6H2,(H,13,14)/t9-,10-/m1/s1. The summed E-state index contributed by atoms with van der Waals surface area (Å²) in [6, 6.07) is 6.90. The smallest absolute Gasteiger partial charge is 0.335 e. The van der Waals surface area contributed by atoms with E-state index in [1.807, 2.05) is 0 Å². The number of carboxylic acids is 1. The number of carbonyl (C=O) groups is 1. The van der Waals surface area contributed by atoms with E-state index in [9.17, 15) is 4.79 Å². The molecule has 16 heavy (non-hydrogen) atoms. The van der Waals surface area contributed by atoms with Crippen molar-refractivity contribution in [3.05, 3.63) is 34.9 Å². The van der Waals surface area contributed by atoms with E-state index in [4.69, 9.17) is 26.2 Å². The lowest BCUT2D eigenvalue weighted by Gasteiger charge is -2.29. The minimum absolute atomic E-state index is 0.307. The predicted octanol–water partition coefficient (Wildman–Crippen LogP) is 1.88. The molecule has 2 atom stereocenters. The third kappa shape index (κ3) is 2.35. The lowest BCUT2D eigenvalue weighted by Crippen LogP contribution is -2.38. The van der Waals surface area contributed by atoms with Crippen molar-refractivity contribution in [3.8, 4) is 0 Å². The van der Waals surface area contributed by atoms with Gasteiger partial charge in [-0.2, -0.15) is 0 Å². The Kier molecular flexibility index (Phi) is 3.43. The van der Waals surface area contributed by atoms with Crippen molar-refractivity contribution < 1.29 is 19.4 Å². The molecule has 86 valence electrons. The molecule has 5 heteroatoms. The second-order valence-electron chi connectivity index (χ2n) is 3.47. The van der Waals surface area contributed by atoms with Gasteiger partial charge >= 0.3 is 5.97 Å². The van der Waals surface area contributed by atoms with E-state index < -0.39 is 18.2 Å². The first-order chi connectivity index (χ1) is 7.68. The lowest BCUT2D eigenvalue weighted by atomic mass is 10.0. The summed E-state index contributed by atoms with van der Waals surface area (Å²) in [5.41, 5.74) is 0.761. The Bertz CT molecular complexity index is 376. The zero-order valence-corrected chi connectivity index (χ0v) is 9.18. The van der Waals surface area contributed by atoms with Gasteiger partial charge in [-0.3, -0.25) is 0 Å². The first-order valence-corrected chi connectivity index (χ1v) is 5.28. The summed E-state index contributed by atoms with van der Waals surface area (Å²) in [7, 11) is 0. The first-order valence-electron chi connectivity index (χ1n) is 4.90. The highest BCUT2D eigenvalue weighted by molar-refractivity contribution is 6.30. The molecule has 0 amide bonds. The predicted molar refractivity (Wildman–Crippen MR) is 57.5 cm³/mol. The molecule has 1 aromatic carbocycles. The topological polar surface area (TPSA) is 55.8 Å². The lowest BCUT2D eigenvalue weighted by molar-refractivity contribution is -0.181. The van der Waals surface area contributed by atoms with Crippen LogP contribution in [-0.2, 0) is 14.3 Å². The minimum Gasteiger partial charge on any atom is -0.479 e. The molecule has 1 aromatic rings. The summed E-state index contributed by atoms with van der Waals surface area (Å²) in [6.07, 6.45) is -1.52. The van der Waals surface area contributed by atoms with Gasteiger partial charge in [0.05, 0.1) is 13.2 Å². The highest BCUT2D eigenvalue weighted by atomic mass is 35.5. The Hall–Kier alpha value is -1.10. The monoisotopic (exact) mass is 242 g/mol. The molecule has 1 fully saturated rings. The second kappa shape index (κ2) is 4.82. The molecule has 1 N–H and O–H groups in total. The zero-order valence-electron chi connectivity index (χ0n) is 8.43. The van der Waals surface area contributed by atoms with Crippen LogP contribution in [0, 0.1) is 0 Å². The number of carboxylic acid groups (broad SMARTS) is 1. The zero-order chi connectivity index (χ0) is 11.5. The summed E-state index contributed by atoms with van der Waals surface area (Å²) in [4.78, 5) is 11.0. The van der Waals surface area contributed by atoms with E-state index in [-0.39, 0.29) is 0 Å². The SMILES string of the molecule is O=C(O)[C@@H]1OCCO[C@@H]1c1ccc(Cl)cc1. The van der Waals surface area contributed by atoms with Gasteiger partial charge in [0.15, 0.2) is 6.10 Å². The molecule has 4 nitrogen and oxygen atoms in total. The van der Waals surface area contributed by atoms with Gasteiger partial charge in [-0.1, -0.05) is 23.7 Å². The Morgan fingerprint density at radius 2 is 1.88 bits per heavy atom. The Balaban J connectivity index is 2.23. The Labute approximate surface area is 97.7 Å². The Morgan fingerprint density at radius 3 is 2.50 bits per heavy atom. The van der Waals surface area contributed by atoms with Crippen LogP contribution in [0.15, 0.2) is 24.3 Å². The van der Waals surface area contributed by atoms with Crippen LogP contribution >= 0.6 is 11.6 Å². The molecule has 0 radical (unpaired) electrons. The number of rotatable bonds is 2. The number of ether oxygens (including phenoxy) is 2. The van der Waals surface area contributed by atoms with E-state index in [2.05, 4.69) is 0 Å². The van der Waals surface area contributed by atoms with Gasteiger partial charge in [0.25, 0.3) is 0 Å². The third-order valence-corrected chi connectivity index (χ3v) is 2.65. The van der Waals surface area contributed by atoms with Crippen LogP contribution in [0.2, 0.25) is 5.02 Å². The minimum atomic E-state index is -1.01. The molecule has 1 aliphatic rings. The highest BCUT2D eigenvalue weighted by Crippen LogP contribution is 2.27. The molecule has 0 saturated carbocycles. The van der Waals surface area contributed by atoms with Crippen LogP contribution in [0.1, 0.15) is 11.7 Å². The first kappa shape index (κ1) is 11.4. The highest BCUT2D eigenvalue weighted by Gasteiger charge is 2.34. The van der Waals surface area contributed by atoms with E-state index in [1.54, 1.807) is 24.3 Å². The van der Waals surface area contributed by atoms with E-state index in [0.717, 1.165) is 5.56 Å². The van der Waals surface area contributed by atoms with E-state index in [1.165, 1.54) is 0 Å². The van der Waals surface area contributed by atoms with Crippen LogP contribution in [0.5, 0.6) is 0 Å². The quantitative estimate of drug-likeness (QED) is 0.860. The molecule has 2 rings (SSSR count). The number of halogens is 1. The maximum Gasteiger partial charge on any atom is 0.335 e. The molecule has 0 aromatic heterocycles. The van der Waals surface area contributed by atoms with Crippen molar-refractivity contribution >= 4 is 17.6 Å². The molecular weight excluding hydrogens is 232 g/mol. The van der Waals surface area contributed by atoms with Crippen molar-refractivity contribution in [3.63, 3.8) is 0 Å². The molecule has 0 unspecified atom stereocenters. The van der Waals surface area contributed by atoms with Crippen LogP contribution in [-0.4, -0.2) is 30.4 Å². The van der Waals surface area contributed by atoms with Gasteiger partial charge < -0.3 is 14.6 Å². The summed E-state index contributed by atoms with van der Waals surface area (Å²) in [5.74, 6) is -1.01. The van der Waals surface area contributed by atoms with E-state index >= 15 is 0 Å². The van der Waals surface area contributed by atoms with Crippen molar-refractivity contribution in [2.45, 2.75) is 12.2 Å². The molecule has 1 aliphatic heterocycles. The van der Waals surface area contributed by atoms with Crippen molar-refractivity contribution in [1.82, 2.24) is 0 Å². The molecule has 0 spiro atoms. The van der Waals surface area contributed by atoms with Crippen molar-refractivity contribution in [1.29, 1.82) is 0 Å². The molecule has 0 bridgehead atoms. The van der Waals surface area contributed by atoms with Gasteiger partial charge in [-0.25, -0.2) is 4.79 Å². The average Bonchev–Trinajstić information content (AvgIpc) is 2.30. The fourth-order valence-electron chi connectivity index (χ4n) is 1.65. The van der Waals surface area contributed by atoms with Crippen molar-refractivity contribution in [2.75, 3.05) is 13.2 Å². The molecular formula is C11H11ClO4. The van der Waals surface area contributed by atoms with Crippen molar-refractivity contribution in [2.24, 2.45) is 0 Å². The largest absolute Gasteiger partial charge is 0.479 e. The summed E-state index contributed by atoms with van der Waals surface area (Å²) in [5, 5.41) is 9.60. The van der Waals surface area contributed by atoms with Crippen LogP contribution < -0.4 is 0 Å². The fraction of sp³-hybridized carbons (Fsp3) is 0.364. The van der Waals surface area contributed by atoms with Gasteiger partial charge in [0.1, 0.15) is 6.10 Å². The summed E-state index contributed by atoms with van der Waals surface area (Å²) >= 11 is 5.76. The van der Waals surface area contributed by atoms with Crippen LogP contribution in [0.25, 0.3) is 0 Å². The average molecular weight is 243 g/mol. The fourth-order valence-corrected chi connectivity index (χ4v) is 1.78. The number of aliphatic carboxylic acids is 1. The Morgan fingerprint density at radius 1 is 1.25 bits per heavy atom. The number of hydrogen-bond donors (Lipinski definition) is 1. The van der Waals surface area contributed by atoms with Gasteiger partial charge in [0.2, 0.25) is 0 Å². The maximum atomic E-state index is 11.0. The maximum absolute atomic E-state index is 11.0.